The van der Waals surface area contributed by atoms with Crippen molar-refractivity contribution >= 4 is 23.2 Å². The van der Waals surface area contributed by atoms with Gasteiger partial charge in [-0.15, -0.1) is 5.10 Å². The van der Waals surface area contributed by atoms with E-state index in [1.54, 1.807) is 6.20 Å². The fraction of sp³-hybridized carbons (Fsp3) is 0.375. The molecule has 2 aromatic rings. The molecule has 1 aliphatic rings. The van der Waals surface area contributed by atoms with E-state index in [4.69, 9.17) is 11.6 Å². The Morgan fingerprint density at radius 3 is 2.39 bits per heavy atom. The minimum Gasteiger partial charge on any atom is -0.353 e. The molecule has 0 N–H and O–H groups in total. The van der Waals surface area contributed by atoms with E-state index in [1.165, 1.54) is 0 Å². The van der Waals surface area contributed by atoms with Crippen molar-refractivity contribution in [1.82, 2.24) is 15.2 Å². The maximum Gasteiger partial charge on any atom is 0.169 e. The molecule has 23 heavy (non-hydrogen) atoms. The van der Waals surface area contributed by atoms with Gasteiger partial charge in [0.1, 0.15) is 17.5 Å². The molecule has 6 nitrogen and oxygen atoms in total. The van der Waals surface area contributed by atoms with Gasteiger partial charge in [-0.25, -0.2) is 4.98 Å². The number of hydrogen-bond donors (Lipinski definition) is 0. The fourth-order valence-electron chi connectivity index (χ4n) is 2.65. The Morgan fingerprint density at radius 2 is 1.78 bits per heavy atom. The monoisotopic (exact) mass is 328 g/mol. The summed E-state index contributed by atoms with van der Waals surface area (Å²) in [5, 5.41) is 18.5. The van der Waals surface area contributed by atoms with Gasteiger partial charge >= 0.3 is 0 Å². The molecule has 3 heterocycles. The van der Waals surface area contributed by atoms with Gasteiger partial charge in [0.15, 0.2) is 5.82 Å². The van der Waals surface area contributed by atoms with Crippen molar-refractivity contribution in [3.63, 3.8) is 0 Å². The van der Waals surface area contributed by atoms with Gasteiger partial charge < -0.3 is 9.80 Å². The van der Waals surface area contributed by atoms with Crippen LogP contribution in [0, 0.1) is 25.2 Å². The van der Waals surface area contributed by atoms with Gasteiger partial charge in [0, 0.05) is 32.4 Å². The average molecular weight is 329 g/mol. The fourth-order valence-corrected chi connectivity index (χ4v) is 2.77. The molecule has 1 aliphatic heterocycles. The van der Waals surface area contributed by atoms with Crippen LogP contribution >= 0.6 is 11.6 Å². The summed E-state index contributed by atoms with van der Waals surface area (Å²) in [4.78, 5) is 8.67. The van der Waals surface area contributed by atoms with E-state index in [-0.39, 0.29) is 0 Å². The van der Waals surface area contributed by atoms with Crippen LogP contribution < -0.4 is 9.80 Å². The van der Waals surface area contributed by atoms with Gasteiger partial charge in [-0.05, 0) is 31.5 Å². The second-order valence-electron chi connectivity index (χ2n) is 5.53. The molecule has 118 valence electrons. The predicted molar refractivity (Wildman–Crippen MR) is 89.9 cm³/mol. The van der Waals surface area contributed by atoms with E-state index in [2.05, 4.69) is 31.1 Å². The molecule has 0 bridgehead atoms. The SMILES string of the molecule is Cc1nnc(N2CCN(c3ccc(Cl)cn3)CC2)c(C#N)c1C. The summed E-state index contributed by atoms with van der Waals surface area (Å²) in [6.45, 7) is 6.96. The van der Waals surface area contributed by atoms with Crippen LogP contribution in [0.2, 0.25) is 5.02 Å². The van der Waals surface area contributed by atoms with Crippen molar-refractivity contribution in [3.05, 3.63) is 40.2 Å². The van der Waals surface area contributed by atoms with Crippen molar-refractivity contribution in [1.29, 1.82) is 5.26 Å². The van der Waals surface area contributed by atoms with E-state index in [1.807, 2.05) is 26.0 Å². The number of aryl methyl sites for hydroxylation is 1. The van der Waals surface area contributed by atoms with Crippen LogP contribution in [0.15, 0.2) is 18.3 Å². The molecule has 0 amide bonds. The Kier molecular flexibility index (Phi) is 4.30. The first-order valence-electron chi connectivity index (χ1n) is 7.45. The number of aromatic nitrogens is 3. The highest BCUT2D eigenvalue weighted by Gasteiger charge is 2.23. The van der Waals surface area contributed by atoms with Crippen LogP contribution in [0.5, 0.6) is 0 Å². The molecule has 2 aromatic heterocycles. The largest absolute Gasteiger partial charge is 0.353 e. The minimum absolute atomic E-state index is 0.621. The number of pyridine rings is 1. The standard InChI is InChI=1S/C16H17ClN6/c1-11-12(2)20-21-16(14(11)9-18)23-7-5-22(6-8-23)15-4-3-13(17)10-19-15/h3-4,10H,5-8H2,1-2H3. The van der Waals surface area contributed by atoms with Crippen molar-refractivity contribution < 1.29 is 0 Å². The number of piperazine rings is 1. The molecular formula is C16H17ClN6. The van der Waals surface area contributed by atoms with Crippen LogP contribution in [-0.4, -0.2) is 41.4 Å². The van der Waals surface area contributed by atoms with Gasteiger partial charge in [0.2, 0.25) is 0 Å². The summed E-state index contributed by atoms with van der Waals surface area (Å²) in [6, 6.07) is 6.04. The molecular weight excluding hydrogens is 312 g/mol. The van der Waals surface area contributed by atoms with Crippen LogP contribution in [0.3, 0.4) is 0 Å². The zero-order chi connectivity index (χ0) is 16.4. The van der Waals surface area contributed by atoms with E-state index in [0.29, 0.717) is 16.4 Å². The first-order chi connectivity index (χ1) is 11.1. The second kappa shape index (κ2) is 6.39. The van der Waals surface area contributed by atoms with Crippen molar-refractivity contribution in [2.45, 2.75) is 13.8 Å². The molecule has 0 saturated carbocycles. The number of nitriles is 1. The Hall–Kier alpha value is -2.39. The predicted octanol–water partition coefficient (Wildman–Crippen LogP) is 2.34. The number of anilines is 2. The molecule has 1 fully saturated rings. The number of rotatable bonds is 2. The van der Waals surface area contributed by atoms with Gasteiger partial charge in [-0.1, -0.05) is 11.6 Å². The Morgan fingerprint density at radius 1 is 1.09 bits per heavy atom. The van der Waals surface area contributed by atoms with E-state index >= 15 is 0 Å². The Bertz CT molecular complexity index is 744. The molecule has 3 rings (SSSR count). The van der Waals surface area contributed by atoms with E-state index in [0.717, 1.165) is 43.3 Å². The summed E-state index contributed by atoms with van der Waals surface area (Å²) < 4.78 is 0. The third-order valence-corrected chi connectivity index (χ3v) is 4.39. The lowest BCUT2D eigenvalue weighted by Gasteiger charge is -2.36. The van der Waals surface area contributed by atoms with Gasteiger partial charge in [-0.2, -0.15) is 10.4 Å². The van der Waals surface area contributed by atoms with Crippen LogP contribution in [0.1, 0.15) is 16.8 Å². The third-order valence-electron chi connectivity index (χ3n) is 4.16. The first-order valence-corrected chi connectivity index (χ1v) is 7.83. The molecule has 0 radical (unpaired) electrons. The quantitative estimate of drug-likeness (QED) is 0.842. The van der Waals surface area contributed by atoms with Gasteiger partial charge in [0.05, 0.1) is 10.7 Å². The number of halogens is 1. The Labute approximate surface area is 140 Å². The highest BCUT2D eigenvalue weighted by atomic mass is 35.5. The second-order valence-corrected chi connectivity index (χ2v) is 5.97. The molecule has 0 atom stereocenters. The zero-order valence-corrected chi connectivity index (χ0v) is 13.9. The van der Waals surface area contributed by atoms with E-state index < -0.39 is 0 Å². The van der Waals surface area contributed by atoms with Crippen molar-refractivity contribution in [2.75, 3.05) is 36.0 Å². The average Bonchev–Trinajstić information content (AvgIpc) is 2.58. The first kappa shape index (κ1) is 15.5. The molecule has 0 aromatic carbocycles. The molecule has 0 aliphatic carbocycles. The van der Waals surface area contributed by atoms with Crippen LogP contribution in [0.25, 0.3) is 0 Å². The van der Waals surface area contributed by atoms with Crippen molar-refractivity contribution in [2.24, 2.45) is 0 Å². The number of nitrogens with zero attached hydrogens (tertiary/aromatic N) is 6. The lowest BCUT2D eigenvalue weighted by Crippen LogP contribution is -2.47. The smallest absolute Gasteiger partial charge is 0.169 e. The highest BCUT2D eigenvalue weighted by Crippen LogP contribution is 2.23. The maximum atomic E-state index is 9.43. The van der Waals surface area contributed by atoms with Crippen LogP contribution in [-0.2, 0) is 0 Å². The lowest BCUT2D eigenvalue weighted by molar-refractivity contribution is 0.636. The summed E-state index contributed by atoms with van der Waals surface area (Å²) >= 11 is 5.88. The van der Waals surface area contributed by atoms with Crippen LogP contribution in [0.4, 0.5) is 11.6 Å². The zero-order valence-electron chi connectivity index (χ0n) is 13.1. The summed E-state index contributed by atoms with van der Waals surface area (Å²) in [7, 11) is 0. The Balaban J connectivity index is 1.76. The summed E-state index contributed by atoms with van der Waals surface area (Å²) in [5.74, 6) is 1.60. The number of hydrogen-bond acceptors (Lipinski definition) is 6. The van der Waals surface area contributed by atoms with Gasteiger partial charge in [-0.3, -0.25) is 0 Å². The molecule has 0 spiro atoms. The molecule has 1 saturated heterocycles. The van der Waals surface area contributed by atoms with Gasteiger partial charge in [0.25, 0.3) is 0 Å². The molecule has 0 unspecified atom stereocenters. The minimum atomic E-state index is 0.621. The summed E-state index contributed by atoms with van der Waals surface area (Å²) in [5.41, 5.74) is 2.32. The molecule has 7 heteroatoms. The third kappa shape index (κ3) is 3.06. The normalized spacial score (nSPS) is 14.7. The summed E-state index contributed by atoms with van der Waals surface area (Å²) in [6.07, 6.45) is 1.66. The van der Waals surface area contributed by atoms with Crippen molar-refractivity contribution in [3.8, 4) is 6.07 Å². The topological polar surface area (TPSA) is 68.9 Å². The lowest BCUT2D eigenvalue weighted by atomic mass is 10.1. The van der Waals surface area contributed by atoms with E-state index in [9.17, 15) is 5.26 Å². The maximum absolute atomic E-state index is 9.43. The highest BCUT2D eigenvalue weighted by molar-refractivity contribution is 6.30.